The van der Waals surface area contributed by atoms with E-state index in [1.165, 1.54) is 13.5 Å². The van der Waals surface area contributed by atoms with Crippen molar-refractivity contribution in [3.05, 3.63) is 66.7 Å². The fraction of sp³-hybridized carbons (Fsp3) is 0.0588. The number of carbonyl (C=O) groups excluding carboxylic acids is 1. The predicted molar refractivity (Wildman–Crippen MR) is 79.9 cm³/mol. The minimum absolute atomic E-state index is 0.384. The third-order valence-corrected chi connectivity index (χ3v) is 3.11. The maximum Gasteiger partial charge on any atom is 0.343 e. The Morgan fingerprint density at radius 2 is 1.77 bits per heavy atom. The lowest BCUT2D eigenvalue weighted by molar-refractivity contribution is 0.0730. The van der Waals surface area contributed by atoms with Crippen LogP contribution in [0.2, 0.25) is 0 Å². The first-order valence-electron chi connectivity index (χ1n) is 6.62. The number of nitrogens with zero attached hydrogens (tertiary/aromatic N) is 1. The quantitative estimate of drug-likeness (QED) is 0.544. The van der Waals surface area contributed by atoms with E-state index in [4.69, 9.17) is 13.9 Å². The fourth-order valence-electron chi connectivity index (χ4n) is 1.99. The van der Waals surface area contributed by atoms with Gasteiger partial charge in [0.15, 0.2) is 23.7 Å². The molecule has 3 rings (SSSR count). The van der Waals surface area contributed by atoms with Gasteiger partial charge in [-0.15, -0.1) is 0 Å². The van der Waals surface area contributed by atoms with Crippen LogP contribution < -0.4 is 9.47 Å². The molecular formula is C17H13NO4. The van der Waals surface area contributed by atoms with Gasteiger partial charge in [0.2, 0.25) is 0 Å². The number of methoxy groups -OCH3 is 1. The molecule has 0 aliphatic rings. The number of ether oxygens (including phenoxy) is 2. The van der Waals surface area contributed by atoms with Gasteiger partial charge in [0, 0.05) is 5.56 Å². The molecule has 5 heteroatoms. The molecule has 0 atom stereocenters. The number of hydrogen-bond donors (Lipinski definition) is 0. The molecule has 0 aliphatic heterocycles. The van der Waals surface area contributed by atoms with Crippen molar-refractivity contribution in [2.75, 3.05) is 7.11 Å². The Balaban J connectivity index is 1.78. The lowest BCUT2D eigenvalue weighted by Gasteiger charge is -2.08. The normalized spacial score (nSPS) is 10.2. The van der Waals surface area contributed by atoms with Crippen LogP contribution in [0, 0.1) is 0 Å². The summed E-state index contributed by atoms with van der Waals surface area (Å²) in [6.45, 7) is 0. The highest BCUT2D eigenvalue weighted by atomic mass is 16.6. The predicted octanol–water partition coefficient (Wildman–Crippen LogP) is 3.57. The number of carbonyl (C=O) groups is 1. The summed E-state index contributed by atoms with van der Waals surface area (Å²) < 4.78 is 15.7. The van der Waals surface area contributed by atoms with E-state index in [2.05, 4.69) is 4.98 Å². The summed E-state index contributed by atoms with van der Waals surface area (Å²) in [5, 5.41) is 0. The lowest BCUT2D eigenvalue weighted by Crippen LogP contribution is -2.09. The minimum atomic E-state index is -0.450. The van der Waals surface area contributed by atoms with Crippen LogP contribution in [0.5, 0.6) is 11.5 Å². The van der Waals surface area contributed by atoms with Crippen LogP contribution in [-0.4, -0.2) is 18.1 Å². The van der Waals surface area contributed by atoms with E-state index in [1.807, 2.05) is 6.07 Å². The summed E-state index contributed by atoms with van der Waals surface area (Å²) in [5.41, 5.74) is 1.28. The van der Waals surface area contributed by atoms with Gasteiger partial charge in [-0.05, 0) is 24.3 Å². The van der Waals surface area contributed by atoms with Gasteiger partial charge in [-0.3, -0.25) is 0 Å². The summed E-state index contributed by atoms with van der Waals surface area (Å²) >= 11 is 0. The van der Waals surface area contributed by atoms with Gasteiger partial charge in [0.25, 0.3) is 0 Å². The molecular weight excluding hydrogens is 282 g/mol. The number of oxazole rings is 1. The van der Waals surface area contributed by atoms with Gasteiger partial charge in [-0.2, -0.15) is 0 Å². The van der Waals surface area contributed by atoms with E-state index < -0.39 is 5.97 Å². The number of hydrogen-bond acceptors (Lipinski definition) is 5. The zero-order valence-corrected chi connectivity index (χ0v) is 11.9. The summed E-state index contributed by atoms with van der Waals surface area (Å²) in [5.74, 6) is 1.08. The van der Waals surface area contributed by atoms with Crippen molar-refractivity contribution in [2.45, 2.75) is 0 Å². The molecule has 0 amide bonds. The van der Waals surface area contributed by atoms with Crippen molar-refractivity contribution >= 4 is 5.97 Å². The van der Waals surface area contributed by atoms with Gasteiger partial charge in [0.05, 0.1) is 18.9 Å². The molecule has 0 N–H and O–H groups in total. The van der Waals surface area contributed by atoms with Crippen molar-refractivity contribution < 1.29 is 18.7 Å². The van der Waals surface area contributed by atoms with E-state index in [0.29, 0.717) is 22.8 Å². The SMILES string of the molecule is COc1ccccc1OC(=O)c1ccc(-c2cnco2)cc1. The summed E-state index contributed by atoms with van der Waals surface area (Å²) in [4.78, 5) is 16.0. The Bertz CT molecular complexity index is 764. The highest BCUT2D eigenvalue weighted by Gasteiger charge is 2.12. The number of aromatic nitrogens is 1. The van der Waals surface area contributed by atoms with Gasteiger partial charge in [-0.1, -0.05) is 24.3 Å². The van der Waals surface area contributed by atoms with Crippen LogP contribution in [0.1, 0.15) is 10.4 Å². The largest absolute Gasteiger partial charge is 0.493 e. The Morgan fingerprint density at radius 3 is 2.41 bits per heavy atom. The van der Waals surface area contributed by atoms with E-state index in [9.17, 15) is 4.79 Å². The molecule has 3 aromatic rings. The maximum atomic E-state index is 12.2. The third kappa shape index (κ3) is 2.83. The molecule has 2 aromatic carbocycles. The summed E-state index contributed by atoms with van der Waals surface area (Å²) in [6.07, 6.45) is 2.97. The van der Waals surface area contributed by atoms with Crippen LogP contribution in [0.3, 0.4) is 0 Å². The molecule has 0 bridgehead atoms. The molecule has 0 aliphatic carbocycles. The van der Waals surface area contributed by atoms with E-state index in [0.717, 1.165) is 5.56 Å². The zero-order chi connectivity index (χ0) is 15.4. The lowest BCUT2D eigenvalue weighted by atomic mass is 10.1. The molecule has 0 unspecified atom stereocenters. The maximum absolute atomic E-state index is 12.2. The molecule has 0 radical (unpaired) electrons. The molecule has 0 fully saturated rings. The van der Waals surface area contributed by atoms with Crippen molar-refractivity contribution in [1.29, 1.82) is 0 Å². The van der Waals surface area contributed by atoms with Crippen molar-refractivity contribution in [3.8, 4) is 22.8 Å². The molecule has 0 saturated carbocycles. The standard InChI is InChI=1S/C17H13NO4/c1-20-14-4-2-3-5-15(14)22-17(19)13-8-6-12(7-9-13)16-10-18-11-21-16/h2-11H,1H3. The van der Waals surface area contributed by atoms with Crippen molar-refractivity contribution in [2.24, 2.45) is 0 Å². The molecule has 110 valence electrons. The molecule has 5 nitrogen and oxygen atoms in total. The average Bonchev–Trinajstić information content (AvgIpc) is 3.10. The average molecular weight is 295 g/mol. The van der Waals surface area contributed by atoms with E-state index in [-0.39, 0.29) is 0 Å². The minimum Gasteiger partial charge on any atom is -0.493 e. The topological polar surface area (TPSA) is 61.6 Å². The zero-order valence-electron chi connectivity index (χ0n) is 11.9. The van der Waals surface area contributed by atoms with Crippen molar-refractivity contribution in [1.82, 2.24) is 4.98 Å². The Morgan fingerprint density at radius 1 is 1.05 bits per heavy atom. The van der Waals surface area contributed by atoms with Crippen LogP contribution in [0.25, 0.3) is 11.3 Å². The Hall–Kier alpha value is -3.08. The monoisotopic (exact) mass is 295 g/mol. The second-order valence-electron chi connectivity index (χ2n) is 4.48. The van der Waals surface area contributed by atoms with Crippen LogP contribution in [0.4, 0.5) is 0 Å². The number of rotatable bonds is 4. The number of esters is 1. The molecule has 1 heterocycles. The van der Waals surface area contributed by atoms with E-state index >= 15 is 0 Å². The summed E-state index contributed by atoms with van der Waals surface area (Å²) in [7, 11) is 1.53. The molecule has 0 spiro atoms. The molecule has 0 saturated heterocycles. The Kier molecular flexibility index (Phi) is 3.87. The second-order valence-corrected chi connectivity index (χ2v) is 4.48. The summed E-state index contributed by atoms with van der Waals surface area (Å²) in [6, 6.07) is 13.9. The van der Waals surface area contributed by atoms with Crippen LogP contribution in [-0.2, 0) is 0 Å². The first-order valence-corrected chi connectivity index (χ1v) is 6.62. The van der Waals surface area contributed by atoms with Crippen LogP contribution >= 0.6 is 0 Å². The van der Waals surface area contributed by atoms with E-state index in [1.54, 1.807) is 48.7 Å². The second kappa shape index (κ2) is 6.13. The first kappa shape index (κ1) is 13.9. The van der Waals surface area contributed by atoms with Gasteiger partial charge in [0.1, 0.15) is 0 Å². The smallest absolute Gasteiger partial charge is 0.343 e. The molecule has 22 heavy (non-hydrogen) atoms. The first-order chi connectivity index (χ1) is 10.8. The highest BCUT2D eigenvalue weighted by Crippen LogP contribution is 2.27. The highest BCUT2D eigenvalue weighted by molar-refractivity contribution is 5.91. The van der Waals surface area contributed by atoms with Gasteiger partial charge in [-0.25, -0.2) is 9.78 Å². The van der Waals surface area contributed by atoms with Crippen molar-refractivity contribution in [3.63, 3.8) is 0 Å². The van der Waals surface area contributed by atoms with Gasteiger partial charge < -0.3 is 13.9 Å². The Labute approximate surface area is 127 Å². The van der Waals surface area contributed by atoms with Gasteiger partial charge >= 0.3 is 5.97 Å². The molecule has 1 aromatic heterocycles. The third-order valence-electron chi connectivity index (χ3n) is 3.11. The number of benzene rings is 2. The number of para-hydroxylation sites is 2. The van der Waals surface area contributed by atoms with Crippen LogP contribution in [0.15, 0.2) is 65.5 Å². The fourth-order valence-corrected chi connectivity index (χ4v) is 1.99.